The maximum atomic E-state index is 12.1. The largest absolute Gasteiger partial charge is 0.467 e. The fourth-order valence-electron chi connectivity index (χ4n) is 2.01. The lowest BCUT2D eigenvalue weighted by Gasteiger charge is -2.25. The molecule has 1 aliphatic rings. The number of hydrogen-bond donors (Lipinski definition) is 2. The highest BCUT2D eigenvalue weighted by Crippen LogP contribution is 2.14. The number of methoxy groups -OCH3 is 1. The van der Waals surface area contributed by atoms with Gasteiger partial charge in [-0.3, -0.25) is 4.79 Å². The molecular weight excluding hydrogens is 260 g/mol. The predicted octanol–water partition coefficient (Wildman–Crippen LogP) is 0.00530. The Labute approximate surface area is 117 Å². The Kier molecular flexibility index (Phi) is 5.09. The Morgan fingerprint density at radius 3 is 2.75 bits per heavy atom. The molecule has 1 fully saturated rings. The van der Waals surface area contributed by atoms with Crippen molar-refractivity contribution in [1.82, 2.24) is 10.6 Å². The number of amides is 1. The minimum absolute atomic E-state index is 0.323. The van der Waals surface area contributed by atoms with E-state index in [1.165, 1.54) is 7.11 Å². The van der Waals surface area contributed by atoms with E-state index in [2.05, 4.69) is 10.6 Å². The van der Waals surface area contributed by atoms with Crippen LogP contribution in [0.2, 0.25) is 0 Å². The van der Waals surface area contributed by atoms with Gasteiger partial charge in [0, 0.05) is 13.1 Å². The molecule has 2 atom stereocenters. The number of ether oxygens (including phenoxy) is 2. The molecule has 2 N–H and O–H groups in total. The van der Waals surface area contributed by atoms with E-state index < -0.39 is 18.1 Å². The number of nitrogens with one attached hydrogen (secondary N) is 2. The number of carbonyl (C=O) groups excluding carboxylic acids is 2. The molecule has 1 saturated heterocycles. The first kappa shape index (κ1) is 14.5. The van der Waals surface area contributed by atoms with Crippen molar-refractivity contribution in [2.24, 2.45) is 0 Å². The van der Waals surface area contributed by atoms with Crippen molar-refractivity contribution in [3.8, 4) is 0 Å². The van der Waals surface area contributed by atoms with Crippen LogP contribution in [-0.4, -0.2) is 44.8 Å². The van der Waals surface area contributed by atoms with E-state index in [-0.39, 0.29) is 5.91 Å². The fraction of sp³-hybridized carbons (Fsp3) is 0.429. The molecule has 6 heteroatoms. The third-order valence-electron chi connectivity index (χ3n) is 3.08. The van der Waals surface area contributed by atoms with E-state index in [0.717, 1.165) is 6.54 Å². The van der Waals surface area contributed by atoms with Gasteiger partial charge in [0.1, 0.15) is 6.10 Å². The molecule has 0 aliphatic carbocycles. The van der Waals surface area contributed by atoms with Crippen molar-refractivity contribution in [1.29, 1.82) is 0 Å². The molecule has 108 valence electrons. The molecule has 0 radical (unpaired) electrons. The van der Waals surface area contributed by atoms with E-state index in [1.807, 2.05) is 6.07 Å². The summed E-state index contributed by atoms with van der Waals surface area (Å²) < 4.78 is 10.1. The van der Waals surface area contributed by atoms with Crippen molar-refractivity contribution < 1.29 is 19.1 Å². The molecule has 1 aromatic carbocycles. The molecule has 0 spiro atoms. The number of esters is 1. The van der Waals surface area contributed by atoms with Crippen LogP contribution >= 0.6 is 0 Å². The monoisotopic (exact) mass is 278 g/mol. The van der Waals surface area contributed by atoms with Crippen molar-refractivity contribution in [3.63, 3.8) is 0 Å². The van der Waals surface area contributed by atoms with Crippen molar-refractivity contribution in [2.75, 3.05) is 26.8 Å². The first-order valence-electron chi connectivity index (χ1n) is 6.48. The zero-order chi connectivity index (χ0) is 14.4. The molecule has 1 aromatic rings. The first-order chi connectivity index (χ1) is 9.72. The predicted molar refractivity (Wildman–Crippen MR) is 72.0 cm³/mol. The van der Waals surface area contributed by atoms with Gasteiger partial charge in [-0.2, -0.15) is 0 Å². The standard InChI is InChI=1S/C14H18N2O4/c1-19-14(18)12(10-5-3-2-4-6-10)16-13(17)11-9-15-7-8-20-11/h2-6,11-12,15H,7-9H2,1H3,(H,16,17). The lowest BCUT2D eigenvalue weighted by molar-refractivity contribution is -0.147. The van der Waals surface area contributed by atoms with Crippen molar-refractivity contribution >= 4 is 11.9 Å². The maximum Gasteiger partial charge on any atom is 0.333 e. The summed E-state index contributed by atoms with van der Waals surface area (Å²) in [5, 5.41) is 5.75. The molecule has 0 aromatic heterocycles. The Morgan fingerprint density at radius 2 is 2.15 bits per heavy atom. The molecular formula is C14H18N2O4. The number of hydrogen-bond acceptors (Lipinski definition) is 5. The van der Waals surface area contributed by atoms with Gasteiger partial charge in [-0.15, -0.1) is 0 Å². The van der Waals surface area contributed by atoms with Crippen LogP contribution in [0.4, 0.5) is 0 Å². The number of carbonyl (C=O) groups is 2. The van der Waals surface area contributed by atoms with Gasteiger partial charge < -0.3 is 20.1 Å². The van der Waals surface area contributed by atoms with E-state index in [9.17, 15) is 9.59 Å². The van der Waals surface area contributed by atoms with Gasteiger partial charge in [0.05, 0.1) is 13.7 Å². The summed E-state index contributed by atoms with van der Waals surface area (Å²) in [6.07, 6.45) is -0.584. The average Bonchev–Trinajstić information content (AvgIpc) is 2.53. The van der Waals surface area contributed by atoms with Crippen molar-refractivity contribution in [3.05, 3.63) is 35.9 Å². The van der Waals surface area contributed by atoms with Crippen LogP contribution in [0.15, 0.2) is 30.3 Å². The molecule has 2 rings (SSSR count). The molecule has 0 saturated carbocycles. The van der Waals surface area contributed by atoms with Crippen LogP contribution in [0.1, 0.15) is 11.6 Å². The highest BCUT2D eigenvalue weighted by Gasteiger charge is 2.28. The zero-order valence-electron chi connectivity index (χ0n) is 11.3. The van der Waals surface area contributed by atoms with E-state index in [0.29, 0.717) is 18.7 Å². The smallest absolute Gasteiger partial charge is 0.333 e. The molecule has 2 unspecified atom stereocenters. The van der Waals surface area contributed by atoms with Crippen LogP contribution in [0.25, 0.3) is 0 Å². The second-order valence-electron chi connectivity index (χ2n) is 4.44. The molecule has 6 nitrogen and oxygen atoms in total. The second-order valence-corrected chi connectivity index (χ2v) is 4.44. The third kappa shape index (κ3) is 3.55. The zero-order valence-corrected chi connectivity index (χ0v) is 11.3. The molecule has 1 amide bonds. The molecule has 1 aliphatic heterocycles. The van der Waals surface area contributed by atoms with Gasteiger partial charge >= 0.3 is 5.97 Å². The minimum atomic E-state index is -0.820. The Morgan fingerprint density at radius 1 is 1.40 bits per heavy atom. The minimum Gasteiger partial charge on any atom is -0.467 e. The SMILES string of the molecule is COC(=O)C(NC(=O)C1CNCCO1)c1ccccc1. The van der Waals surface area contributed by atoms with Gasteiger partial charge in [-0.05, 0) is 5.56 Å². The lowest BCUT2D eigenvalue weighted by atomic mass is 10.1. The normalized spacial score (nSPS) is 19.9. The van der Waals surface area contributed by atoms with Gasteiger partial charge in [0.15, 0.2) is 6.04 Å². The third-order valence-corrected chi connectivity index (χ3v) is 3.08. The van der Waals surface area contributed by atoms with E-state index >= 15 is 0 Å². The van der Waals surface area contributed by atoms with Gasteiger partial charge in [0.25, 0.3) is 5.91 Å². The summed E-state index contributed by atoms with van der Waals surface area (Å²) in [6.45, 7) is 1.64. The van der Waals surface area contributed by atoms with Crippen molar-refractivity contribution in [2.45, 2.75) is 12.1 Å². The van der Waals surface area contributed by atoms with Crippen LogP contribution in [-0.2, 0) is 19.1 Å². The Balaban J connectivity index is 2.08. The summed E-state index contributed by atoms with van der Waals surface area (Å²) in [5.41, 5.74) is 0.677. The summed E-state index contributed by atoms with van der Waals surface area (Å²) in [6, 6.07) is 8.16. The van der Waals surface area contributed by atoms with E-state index in [4.69, 9.17) is 9.47 Å². The highest BCUT2D eigenvalue weighted by molar-refractivity contribution is 5.87. The molecule has 20 heavy (non-hydrogen) atoms. The maximum absolute atomic E-state index is 12.1. The Bertz CT molecular complexity index is 458. The summed E-state index contributed by atoms with van der Waals surface area (Å²) in [7, 11) is 1.29. The lowest BCUT2D eigenvalue weighted by Crippen LogP contribution is -2.49. The quantitative estimate of drug-likeness (QED) is 0.759. The average molecular weight is 278 g/mol. The van der Waals surface area contributed by atoms with Crippen LogP contribution in [0.5, 0.6) is 0 Å². The van der Waals surface area contributed by atoms with Crippen LogP contribution in [0, 0.1) is 0 Å². The first-order valence-corrected chi connectivity index (χ1v) is 6.48. The topological polar surface area (TPSA) is 76.7 Å². The second kappa shape index (κ2) is 7.02. The van der Waals surface area contributed by atoms with Gasteiger partial charge in [-0.1, -0.05) is 30.3 Å². The van der Waals surface area contributed by atoms with Crippen LogP contribution in [0.3, 0.4) is 0 Å². The number of rotatable bonds is 4. The molecule has 0 bridgehead atoms. The summed E-state index contributed by atoms with van der Waals surface area (Å²) in [5.74, 6) is -0.829. The van der Waals surface area contributed by atoms with E-state index in [1.54, 1.807) is 24.3 Å². The summed E-state index contributed by atoms with van der Waals surface area (Å²) in [4.78, 5) is 24.0. The number of benzene rings is 1. The Hall–Kier alpha value is -1.92. The van der Waals surface area contributed by atoms with Crippen LogP contribution < -0.4 is 10.6 Å². The highest BCUT2D eigenvalue weighted by atomic mass is 16.5. The molecule has 1 heterocycles. The van der Waals surface area contributed by atoms with Gasteiger partial charge in [0.2, 0.25) is 0 Å². The van der Waals surface area contributed by atoms with Gasteiger partial charge in [-0.25, -0.2) is 4.79 Å². The number of morpholine rings is 1. The fourth-order valence-corrected chi connectivity index (χ4v) is 2.01. The summed E-state index contributed by atoms with van der Waals surface area (Å²) >= 11 is 0.